The van der Waals surface area contributed by atoms with E-state index in [-0.39, 0.29) is 12.0 Å². The highest BCUT2D eigenvalue weighted by Gasteiger charge is 2.17. The van der Waals surface area contributed by atoms with Crippen LogP contribution in [-0.4, -0.2) is 37.8 Å². The molecule has 0 aliphatic carbocycles. The SMILES string of the molecule is CCn1cc(Oc2nc(N)nc(N3CCCC3)n2)cn1. The van der Waals surface area contributed by atoms with E-state index in [1.54, 1.807) is 17.1 Å². The highest BCUT2D eigenvalue weighted by molar-refractivity contribution is 5.37. The van der Waals surface area contributed by atoms with E-state index in [1.165, 1.54) is 0 Å². The summed E-state index contributed by atoms with van der Waals surface area (Å²) in [4.78, 5) is 14.6. The Morgan fingerprint density at radius 3 is 2.75 bits per heavy atom. The molecule has 0 radical (unpaired) electrons. The molecule has 0 amide bonds. The van der Waals surface area contributed by atoms with Crippen molar-refractivity contribution in [2.24, 2.45) is 0 Å². The molecule has 0 saturated carbocycles. The fraction of sp³-hybridized carbons (Fsp3) is 0.500. The molecule has 20 heavy (non-hydrogen) atoms. The molecule has 8 nitrogen and oxygen atoms in total. The molecule has 1 saturated heterocycles. The quantitative estimate of drug-likeness (QED) is 0.891. The lowest BCUT2D eigenvalue weighted by molar-refractivity contribution is 0.439. The summed E-state index contributed by atoms with van der Waals surface area (Å²) in [5.41, 5.74) is 5.72. The van der Waals surface area contributed by atoms with Crippen LogP contribution in [0.1, 0.15) is 19.8 Å². The van der Waals surface area contributed by atoms with Crippen LogP contribution < -0.4 is 15.4 Å². The normalized spacial score (nSPS) is 14.8. The Morgan fingerprint density at radius 1 is 1.25 bits per heavy atom. The topological polar surface area (TPSA) is 95.0 Å². The zero-order valence-electron chi connectivity index (χ0n) is 11.4. The highest BCUT2D eigenvalue weighted by atomic mass is 16.5. The largest absolute Gasteiger partial charge is 0.421 e. The number of aromatic nitrogens is 5. The van der Waals surface area contributed by atoms with Crippen LogP contribution in [0, 0.1) is 0 Å². The molecule has 0 bridgehead atoms. The van der Waals surface area contributed by atoms with E-state index < -0.39 is 0 Å². The van der Waals surface area contributed by atoms with Gasteiger partial charge in [-0.1, -0.05) is 0 Å². The van der Waals surface area contributed by atoms with Gasteiger partial charge in [0.15, 0.2) is 5.75 Å². The number of nitrogen functional groups attached to an aromatic ring is 1. The van der Waals surface area contributed by atoms with Crippen LogP contribution in [0.25, 0.3) is 0 Å². The van der Waals surface area contributed by atoms with E-state index in [1.807, 2.05) is 6.92 Å². The summed E-state index contributed by atoms with van der Waals surface area (Å²) in [7, 11) is 0. The van der Waals surface area contributed by atoms with Gasteiger partial charge in [0.05, 0.1) is 12.4 Å². The monoisotopic (exact) mass is 275 g/mol. The predicted molar refractivity (Wildman–Crippen MR) is 73.7 cm³/mol. The van der Waals surface area contributed by atoms with Crippen molar-refractivity contribution in [3.8, 4) is 11.8 Å². The third-order valence-electron chi connectivity index (χ3n) is 3.15. The lowest BCUT2D eigenvalue weighted by Crippen LogP contribution is -2.21. The molecule has 0 aromatic carbocycles. The molecule has 106 valence electrons. The molecule has 3 rings (SSSR count). The molecule has 3 heterocycles. The Morgan fingerprint density at radius 2 is 2.05 bits per heavy atom. The van der Waals surface area contributed by atoms with Crippen LogP contribution in [0.5, 0.6) is 11.8 Å². The third kappa shape index (κ3) is 2.63. The molecular weight excluding hydrogens is 258 g/mol. The minimum absolute atomic E-state index is 0.166. The van der Waals surface area contributed by atoms with Crippen molar-refractivity contribution in [2.75, 3.05) is 23.7 Å². The van der Waals surface area contributed by atoms with Crippen LogP contribution in [-0.2, 0) is 6.54 Å². The van der Waals surface area contributed by atoms with E-state index in [2.05, 4.69) is 25.0 Å². The number of ether oxygens (including phenoxy) is 1. The summed E-state index contributed by atoms with van der Waals surface area (Å²) in [5, 5.41) is 4.13. The Bertz CT molecular complexity index is 591. The summed E-state index contributed by atoms with van der Waals surface area (Å²) in [5.74, 6) is 1.33. The van der Waals surface area contributed by atoms with E-state index in [9.17, 15) is 0 Å². The molecule has 2 N–H and O–H groups in total. The van der Waals surface area contributed by atoms with Gasteiger partial charge in [-0.2, -0.15) is 20.1 Å². The second-order valence-electron chi connectivity index (χ2n) is 4.60. The molecule has 1 aliphatic heterocycles. The van der Waals surface area contributed by atoms with Gasteiger partial charge in [0.1, 0.15) is 0 Å². The summed E-state index contributed by atoms with van der Waals surface area (Å²) >= 11 is 0. The first-order chi connectivity index (χ1) is 9.74. The zero-order valence-corrected chi connectivity index (χ0v) is 11.4. The van der Waals surface area contributed by atoms with Gasteiger partial charge >= 0.3 is 6.01 Å². The van der Waals surface area contributed by atoms with E-state index in [4.69, 9.17) is 10.5 Å². The molecule has 8 heteroatoms. The van der Waals surface area contributed by atoms with E-state index in [0.717, 1.165) is 32.5 Å². The van der Waals surface area contributed by atoms with Gasteiger partial charge in [-0.05, 0) is 19.8 Å². The van der Waals surface area contributed by atoms with Gasteiger partial charge in [0, 0.05) is 19.6 Å². The Labute approximate surface area is 116 Å². The van der Waals surface area contributed by atoms with Crippen molar-refractivity contribution in [3.05, 3.63) is 12.4 Å². The molecule has 0 spiro atoms. The summed E-state index contributed by atoms with van der Waals surface area (Å²) < 4.78 is 7.35. The first kappa shape index (κ1) is 12.6. The second kappa shape index (κ2) is 5.32. The highest BCUT2D eigenvalue weighted by Crippen LogP contribution is 2.22. The van der Waals surface area contributed by atoms with E-state index >= 15 is 0 Å². The van der Waals surface area contributed by atoms with Crippen LogP contribution in [0.3, 0.4) is 0 Å². The first-order valence-electron chi connectivity index (χ1n) is 6.71. The lowest BCUT2D eigenvalue weighted by atomic mass is 10.4. The Hall–Kier alpha value is -2.38. The number of rotatable bonds is 4. The Kier molecular flexibility index (Phi) is 3.36. The van der Waals surface area contributed by atoms with Gasteiger partial charge in [0.25, 0.3) is 0 Å². The van der Waals surface area contributed by atoms with Crippen LogP contribution in [0.2, 0.25) is 0 Å². The number of anilines is 2. The fourth-order valence-corrected chi connectivity index (χ4v) is 2.14. The third-order valence-corrected chi connectivity index (χ3v) is 3.15. The molecule has 1 fully saturated rings. The summed E-state index contributed by atoms with van der Waals surface area (Å²) in [6.07, 6.45) is 5.70. The maximum Gasteiger partial charge on any atom is 0.328 e. The number of hydrogen-bond acceptors (Lipinski definition) is 7. The minimum atomic E-state index is 0.166. The van der Waals surface area contributed by atoms with Gasteiger partial charge in [-0.25, -0.2) is 0 Å². The smallest absolute Gasteiger partial charge is 0.328 e. The molecule has 2 aromatic heterocycles. The standard InChI is InChI=1S/C12H17N7O/c1-2-19-8-9(7-14-19)20-12-16-10(13)15-11(17-12)18-5-3-4-6-18/h7-8H,2-6H2,1H3,(H2,13,15,16,17). The average Bonchev–Trinajstić information content (AvgIpc) is 3.09. The molecule has 0 unspecified atom stereocenters. The minimum Gasteiger partial charge on any atom is -0.421 e. The van der Waals surface area contributed by atoms with Crippen molar-refractivity contribution in [2.45, 2.75) is 26.3 Å². The van der Waals surface area contributed by atoms with Crippen molar-refractivity contribution in [3.63, 3.8) is 0 Å². The van der Waals surface area contributed by atoms with Gasteiger partial charge in [-0.15, -0.1) is 0 Å². The molecule has 0 atom stereocenters. The van der Waals surface area contributed by atoms with Gasteiger partial charge in [0.2, 0.25) is 11.9 Å². The zero-order chi connectivity index (χ0) is 13.9. The maximum absolute atomic E-state index is 5.72. The average molecular weight is 275 g/mol. The van der Waals surface area contributed by atoms with Gasteiger partial charge < -0.3 is 15.4 Å². The number of nitrogens with zero attached hydrogens (tertiary/aromatic N) is 6. The van der Waals surface area contributed by atoms with Crippen molar-refractivity contribution >= 4 is 11.9 Å². The summed E-state index contributed by atoms with van der Waals surface area (Å²) in [6, 6.07) is 0.204. The fourth-order valence-electron chi connectivity index (χ4n) is 2.14. The number of nitrogens with two attached hydrogens (primary N) is 1. The van der Waals surface area contributed by atoms with Crippen molar-refractivity contribution in [1.82, 2.24) is 24.7 Å². The maximum atomic E-state index is 5.72. The van der Waals surface area contributed by atoms with Crippen LogP contribution in [0.4, 0.5) is 11.9 Å². The number of hydrogen-bond donors (Lipinski definition) is 1. The Balaban J connectivity index is 1.81. The first-order valence-corrected chi connectivity index (χ1v) is 6.71. The van der Waals surface area contributed by atoms with Crippen LogP contribution in [0.15, 0.2) is 12.4 Å². The number of aryl methyl sites for hydroxylation is 1. The second-order valence-corrected chi connectivity index (χ2v) is 4.60. The van der Waals surface area contributed by atoms with Gasteiger partial charge in [-0.3, -0.25) is 4.68 Å². The summed E-state index contributed by atoms with van der Waals surface area (Å²) in [6.45, 7) is 4.66. The predicted octanol–water partition coefficient (Wildman–Crippen LogP) is 1.06. The van der Waals surface area contributed by atoms with Crippen molar-refractivity contribution < 1.29 is 4.74 Å². The van der Waals surface area contributed by atoms with Crippen molar-refractivity contribution in [1.29, 1.82) is 0 Å². The molecule has 1 aliphatic rings. The van der Waals surface area contributed by atoms with Crippen LogP contribution >= 0.6 is 0 Å². The molecule has 2 aromatic rings. The molecular formula is C12H17N7O. The van der Waals surface area contributed by atoms with E-state index in [0.29, 0.717) is 11.7 Å². The lowest BCUT2D eigenvalue weighted by Gasteiger charge is -2.15.